The number of rotatable bonds is 0. The molecule has 1 aliphatic heterocycles. The molecule has 0 aromatic heterocycles. The first-order chi connectivity index (χ1) is 10.2. The van der Waals surface area contributed by atoms with Crippen LogP contribution in [0.1, 0.15) is 44.6 Å². The molecule has 0 bridgehead atoms. The van der Waals surface area contributed by atoms with Gasteiger partial charge in [0.2, 0.25) is 0 Å². The molecule has 2 heteroatoms. The van der Waals surface area contributed by atoms with Crippen molar-refractivity contribution >= 4 is 0 Å². The summed E-state index contributed by atoms with van der Waals surface area (Å²) in [5, 5.41) is 0. The zero-order chi connectivity index (χ0) is 15.3. The normalized spacial score (nSPS) is 19.8. The average Bonchev–Trinajstić information content (AvgIpc) is 2.51. The van der Waals surface area contributed by atoms with E-state index in [9.17, 15) is 0 Å². The molecule has 1 saturated carbocycles. The minimum absolute atomic E-state index is 0.913. The Kier molecular flexibility index (Phi) is 10.2. The van der Waals surface area contributed by atoms with Gasteiger partial charge in [-0.1, -0.05) is 74.9 Å². The highest BCUT2D eigenvalue weighted by Gasteiger charge is 2.06. The molecule has 3 rings (SSSR count). The van der Waals surface area contributed by atoms with E-state index >= 15 is 0 Å². The van der Waals surface area contributed by atoms with Gasteiger partial charge < -0.3 is 9.64 Å². The van der Waals surface area contributed by atoms with Crippen LogP contribution >= 0.6 is 0 Å². The first kappa shape index (κ1) is 18.2. The standard InChI is InChI=1S/C7H14.C7H8.C5H11NO/c2*1-7-5-3-2-4-6-7;1-6-2-4-7-5-3-6/h7H,2-6H2,1H3;2-6H,1H3;2-5H2,1H3. The van der Waals surface area contributed by atoms with Gasteiger partial charge >= 0.3 is 0 Å². The molecule has 0 radical (unpaired) electrons. The highest BCUT2D eigenvalue weighted by atomic mass is 16.5. The number of aryl methyl sites for hydroxylation is 1. The van der Waals surface area contributed by atoms with Crippen molar-refractivity contribution in [3.8, 4) is 0 Å². The fourth-order valence-corrected chi connectivity index (χ4v) is 2.50. The van der Waals surface area contributed by atoms with Crippen LogP contribution in [-0.2, 0) is 4.74 Å². The van der Waals surface area contributed by atoms with Gasteiger partial charge in [0.15, 0.2) is 0 Å². The van der Waals surface area contributed by atoms with E-state index in [-0.39, 0.29) is 0 Å². The van der Waals surface area contributed by atoms with E-state index in [1.807, 2.05) is 18.2 Å². The highest BCUT2D eigenvalue weighted by molar-refractivity contribution is 5.11. The number of likely N-dealkylation sites (N-methyl/N-ethyl adjacent to an activating group) is 1. The van der Waals surface area contributed by atoms with Gasteiger partial charge in [-0.25, -0.2) is 0 Å². The summed E-state index contributed by atoms with van der Waals surface area (Å²) in [4.78, 5) is 2.27. The van der Waals surface area contributed by atoms with Gasteiger partial charge in [-0.05, 0) is 19.9 Å². The van der Waals surface area contributed by atoms with Gasteiger partial charge in [-0.3, -0.25) is 0 Å². The molecule has 1 saturated heterocycles. The van der Waals surface area contributed by atoms with Gasteiger partial charge in [-0.2, -0.15) is 0 Å². The fourth-order valence-electron chi connectivity index (χ4n) is 2.50. The Bertz CT molecular complexity index is 311. The van der Waals surface area contributed by atoms with E-state index in [1.54, 1.807) is 0 Å². The topological polar surface area (TPSA) is 12.5 Å². The molecule has 0 amide bonds. The van der Waals surface area contributed by atoms with E-state index in [0.717, 1.165) is 32.2 Å². The van der Waals surface area contributed by atoms with Gasteiger partial charge in [0, 0.05) is 13.1 Å². The number of ether oxygens (including phenoxy) is 1. The molecule has 2 aliphatic rings. The van der Waals surface area contributed by atoms with E-state index in [2.05, 4.69) is 37.9 Å². The van der Waals surface area contributed by atoms with Crippen molar-refractivity contribution in [1.82, 2.24) is 4.90 Å². The molecule has 1 aliphatic carbocycles. The Balaban J connectivity index is 0.000000157. The highest BCUT2D eigenvalue weighted by Crippen LogP contribution is 2.22. The number of hydrogen-bond donors (Lipinski definition) is 0. The summed E-state index contributed by atoms with van der Waals surface area (Å²) in [7, 11) is 2.11. The van der Waals surface area contributed by atoms with Gasteiger partial charge in [0.1, 0.15) is 0 Å². The monoisotopic (exact) mass is 291 g/mol. The molecular formula is C19H33NO. The number of hydrogen-bond acceptors (Lipinski definition) is 2. The van der Waals surface area contributed by atoms with E-state index in [4.69, 9.17) is 4.74 Å². The molecule has 2 fully saturated rings. The summed E-state index contributed by atoms with van der Waals surface area (Å²) < 4.78 is 5.10. The summed E-state index contributed by atoms with van der Waals surface area (Å²) >= 11 is 0. The largest absolute Gasteiger partial charge is 0.379 e. The predicted molar refractivity (Wildman–Crippen MR) is 91.7 cm³/mol. The second kappa shape index (κ2) is 11.8. The van der Waals surface area contributed by atoms with Crippen LogP contribution in [0.5, 0.6) is 0 Å². The van der Waals surface area contributed by atoms with Gasteiger partial charge in [-0.15, -0.1) is 0 Å². The number of morpholine rings is 1. The smallest absolute Gasteiger partial charge is 0.0594 e. The van der Waals surface area contributed by atoms with E-state index in [0.29, 0.717) is 0 Å². The van der Waals surface area contributed by atoms with Crippen LogP contribution in [0.2, 0.25) is 0 Å². The van der Waals surface area contributed by atoms with E-state index < -0.39 is 0 Å². The molecule has 1 aromatic rings. The summed E-state index contributed by atoms with van der Waals surface area (Å²) in [5.74, 6) is 1.04. The first-order valence-electron chi connectivity index (χ1n) is 8.46. The van der Waals surface area contributed by atoms with Crippen molar-refractivity contribution in [3.63, 3.8) is 0 Å². The van der Waals surface area contributed by atoms with Gasteiger partial charge in [0.05, 0.1) is 13.2 Å². The zero-order valence-corrected chi connectivity index (χ0v) is 14.2. The van der Waals surface area contributed by atoms with Crippen LogP contribution in [0, 0.1) is 12.8 Å². The van der Waals surface area contributed by atoms with Crippen LogP contribution < -0.4 is 0 Å². The quantitative estimate of drug-likeness (QED) is 0.696. The Morgan fingerprint density at radius 1 is 0.952 bits per heavy atom. The van der Waals surface area contributed by atoms with Crippen LogP contribution in [0.4, 0.5) is 0 Å². The summed E-state index contributed by atoms with van der Waals surface area (Å²) in [6.45, 7) is 8.46. The minimum Gasteiger partial charge on any atom is -0.379 e. The molecule has 0 atom stereocenters. The molecule has 21 heavy (non-hydrogen) atoms. The zero-order valence-electron chi connectivity index (χ0n) is 14.2. The third-order valence-corrected chi connectivity index (χ3v) is 4.07. The molecule has 0 unspecified atom stereocenters. The minimum atomic E-state index is 0.913. The Morgan fingerprint density at radius 3 is 1.81 bits per heavy atom. The first-order valence-corrected chi connectivity index (χ1v) is 8.46. The maximum atomic E-state index is 5.10. The second-order valence-corrected chi connectivity index (χ2v) is 6.31. The molecule has 2 nitrogen and oxygen atoms in total. The van der Waals surface area contributed by atoms with Crippen molar-refractivity contribution in [3.05, 3.63) is 35.9 Å². The van der Waals surface area contributed by atoms with Crippen molar-refractivity contribution < 1.29 is 4.74 Å². The SMILES string of the molecule is CC1CCCCC1.CN1CCOCC1.Cc1ccccc1. The van der Waals surface area contributed by atoms with Crippen molar-refractivity contribution in [1.29, 1.82) is 0 Å². The lowest BCUT2D eigenvalue weighted by molar-refractivity contribution is 0.0503. The average molecular weight is 291 g/mol. The van der Waals surface area contributed by atoms with Crippen LogP contribution in [-0.4, -0.2) is 38.3 Å². The fraction of sp³-hybridized carbons (Fsp3) is 0.684. The summed E-state index contributed by atoms with van der Waals surface area (Å²) in [6.07, 6.45) is 7.44. The summed E-state index contributed by atoms with van der Waals surface area (Å²) in [6, 6.07) is 10.3. The molecular weight excluding hydrogens is 258 g/mol. The third kappa shape index (κ3) is 10.5. The Hall–Kier alpha value is -0.860. The molecule has 0 N–H and O–H groups in total. The van der Waals surface area contributed by atoms with Crippen LogP contribution in [0.15, 0.2) is 30.3 Å². The Labute approximate surface area is 131 Å². The van der Waals surface area contributed by atoms with Gasteiger partial charge in [0.25, 0.3) is 0 Å². The molecule has 1 aromatic carbocycles. The molecule has 120 valence electrons. The predicted octanol–water partition coefficient (Wildman–Crippen LogP) is 4.53. The number of nitrogens with zero attached hydrogens (tertiary/aromatic N) is 1. The summed E-state index contributed by atoms with van der Waals surface area (Å²) in [5.41, 5.74) is 1.32. The lowest BCUT2D eigenvalue weighted by atomic mass is 9.91. The van der Waals surface area contributed by atoms with Crippen LogP contribution in [0.25, 0.3) is 0 Å². The van der Waals surface area contributed by atoms with Crippen LogP contribution in [0.3, 0.4) is 0 Å². The van der Waals surface area contributed by atoms with Crippen molar-refractivity contribution in [2.75, 3.05) is 33.4 Å². The maximum Gasteiger partial charge on any atom is 0.0594 e. The number of benzene rings is 1. The molecule has 0 spiro atoms. The lowest BCUT2D eigenvalue weighted by Gasteiger charge is -2.21. The molecule has 1 heterocycles. The second-order valence-electron chi connectivity index (χ2n) is 6.31. The van der Waals surface area contributed by atoms with Crippen molar-refractivity contribution in [2.24, 2.45) is 5.92 Å². The maximum absolute atomic E-state index is 5.10. The lowest BCUT2D eigenvalue weighted by Crippen LogP contribution is -2.32. The van der Waals surface area contributed by atoms with E-state index in [1.165, 1.54) is 37.7 Å². The van der Waals surface area contributed by atoms with Crippen molar-refractivity contribution in [2.45, 2.75) is 46.0 Å². The Morgan fingerprint density at radius 2 is 1.52 bits per heavy atom. The third-order valence-electron chi connectivity index (χ3n) is 4.07.